The van der Waals surface area contributed by atoms with Gasteiger partial charge in [-0.25, -0.2) is 0 Å². The number of fused-ring (bicyclic) bond motifs is 3. The number of thioether (sulfide) groups is 1. The zero-order chi connectivity index (χ0) is 35.7. The molecule has 50 heavy (non-hydrogen) atoms. The van der Waals surface area contributed by atoms with Gasteiger partial charge in [-0.2, -0.15) is 11.8 Å². The lowest BCUT2D eigenvalue weighted by Gasteiger charge is -2.71. The van der Waals surface area contributed by atoms with E-state index in [1.165, 1.54) is 43.6 Å². The topological polar surface area (TPSA) is 44.8 Å². The minimum atomic E-state index is -0.187. The Hall–Kier alpha value is -1.30. The summed E-state index contributed by atoms with van der Waals surface area (Å²) in [6.07, 6.45) is 12.2. The van der Waals surface area contributed by atoms with Gasteiger partial charge in [0.1, 0.15) is 6.61 Å². The third kappa shape index (κ3) is 5.62. The first-order chi connectivity index (χ1) is 23.6. The summed E-state index contributed by atoms with van der Waals surface area (Å²) in [5.74, 6) is 4.84. The van der Waals surface area contributed by atoms with Gasteiger partial charge in [0.2, 0.25) is 0 Å². The number of esters is 1. The van der Waals surface area contributed by atoms with Crippen molar-refractivity contribution < 1.29 is 19.0 Å². The molecule has 0 amide bonds. The lowest BCUT2D eigenvalue weighted by atomic mass is 9.34. The van der Waals surface area contributed by atoms with Gasteiger partial charge < -0.3 is 14.2 Å². The summed E-state index contributed by atoms with van der Waals surface area (Å²) in [6.45, 7) is 25.0. The average molecular weight is 705 g/mol. The van der Waals surface area contributed by atoms with Crippen LogP contribution in [0.2, 0.25) is 0 Å². The fourth-order valence-electron chi connectivity index (χ4n) is 13.5. The average Bonchev–Trinajstić information content (AvgIpc) is 3.08. The van der Waals surface area contributed by atoms with E-state index >= 15 is 0 Å². The highest BCUT2D eigenvalue weighted by Crippen LogP contribution is 2.75. The third-order valence-electron chi connectivity index (χ3n) is 16.9. The molecule has 2 heterocycles. The lowest BCUT2D eigenvalue weighted by molar-refractivity contribution is -0.254. The van der Waals surface area contributed by atoms with E-state index in [0.717, 1.165) is 44.6 Å². The highest BCUT2D eigenvalue weighted by Gasteiger charge is 2.71. The predicted octanol–water partition coefficient (Wildman–Crippen LogP) is 10.8. The van der Waals surface area contributed by atoms with Crippen molar-refractivity contribution in [3.05, 3.63) is 47.5 Å². The van der Waals surface area contributed by atoms with Gasteiger partial charge in [0, 0.05) is 10.8 Å². The van der Waals surface area contributed by atoms with Crippen LogP contribution >= 0.6 is 11.8 Å². The number of benzene rings is 1. The van der Waals surface area contributed by atoms with Crippen LogP contribution in [0.1, 0.15) is 119 Å². The van der Waals surface area contributed by atoms with E-state index in [1.54, 1.807) is 5.57 Å². The first-order valence-electron chi connectivity index (χ1n) is 20.3. The zero-order valence-electron chi connectivity index (χ0n) is 32.9. The Labute approximate surface area is 309 Å². The van der Waals surface area contributed by atoms with E-state index in [1.807, 2.05) is 18.2 Å². The summed E-state index contributed by atoms with van der Waals surface area (Å²) < 4.78 is 20.3. The van der Waals surface area contributed by atoms with Crippen molar-refractivity contribution in [2.45, 2.75) is 126 Å². The molecule has 0 radical (unpaired) electrons. The first-order valence-corrected chi connectivity index (χ1v) is 21.5. The van der Waals surface area contributed by atoms with Crippen LogP contribution < -0.4 is 0 Å². The number of allylic oxidation sites excluding steroid dienone is 1. The normalized spacial score (nSPS) is 44.3. The molecular formula is C45H68O4S. The van der Waals surface area contributed by atoms with Crippen LogP contribution in [-0.4, -0.2) is 43.4 Å². The molecule has 0 N–H and O–H groups in total. The van der Waals surface area contributed by atoms with Gasteiger partial charge in [0.25, 0.3) is 0 Å². The molecule has 6 aliphatic rings. The Morgan fingerprint density at radius 2 is 1.66 bits per heavy atom. The maximum absolute atomic E-state index is 14.7. The second-order valence-corrected chi connectivity index (χ2v) is 21.2. The monoisotopic (exact) mass is 704 g/mol. The molecule has 1 aromatic carbocycles. The summed E-state index contributed by atoms with van der Waals surface area (Å²) in [6, 6.07) is 10.2. The molecule has 7 rings (SSSR count). The number of rotatable bonds is 8. The fourth-order valence-corrected chi connectivity index (χ4v) is 14.9. The van der Waals surface area contributed by atoms with Crippen molar-refractivity contribution >= 4 is 17.7 Å². The van der Waals surface area contributed by atoms with E-state index in [0.29, 0.717) is 41.6 Å². The van der Waals surface area contributed by atoms with Crippen LogP contribution in [0.25, 0.3) is 0 Å². The molecule has 0 spiro atoms. The van der Waals surface area contributed by atoms with Crippen molar-refractivity contribution in [1.29, 1.82) is 0 Å². The summed E-state index contributed by atoms with van der Waals surface area (Å²) in [5, 5.41) is 0. The molecule has 1 aromatic rings. The predicted molar refractivity (Wildman–Crippen MR) is 206 cm³/mol. The molecule has 0 unspecified atom stereocenters. The quantitative estimate of drug-likeness (QED) is 0.199. The highest BCUT2D eigenvalue weighted by molar-refractivity contribution is 7.99. The Morgan fingerprint density at radius 3 is 2.36 bits per heavy atom. The zero-order valence-corrected chi connectivity index (χ0v) is 33.8. The van der Waals surface area contributed by atoms with Gasteiger partial charge in [-0.15, -0.1) is 0 Å². The number of ether oxygens (including phenoxy) is 3. The molecule has 11 atom stereocenters. The van der Waals surface area contributed by atoms with Crippen LogP contribution in [0.15, 0.2) is 42.0 Å². The van der Waals surface area contributed by atoms with Crippen molar-refractivity contribution in [2.75, 3.05) is 31.3 Å². The molecule has 2 saturated heterocycles. The molecule has 3 saturated carbocycles. The summed E-state index contributed by atoms with van der Waals surface area (Å²) in [7, 11) is 0. The number of carbonyl (C=O) groups excluding carboxylic acids is 1. The maximum atomic E-state index is 14.7. The van der Waals surface area contributed by atoms with Crippen LogP contribution in [0, 0.1) is 68.0 Å². The number of hydrogen-bond donors (Lipinski definition) is 0. The Bertz CT molecular complexity index is 1430. The molecule has 2 bridgehead atoms. The Kier molecular flexibility index (Phi) is 9.79. The summed E-state index contributed by atoms with van der Waals surface area (Å²) in [4.78, 5) is 14.7. The van der Waals surface area contributed by atoms with E-state index in [9.17, 15) is 4.79 Å². The molecule has 5 fully saturated rings. The molecule has 278 valence electrons. The van der Waals surface area contributed by atoms with E-state index in [2.05, 4.69) is 92.3 Å². The van der Waals surface area contributed by atoms with Gasteiger partial charge in [0.05, 0.1) is 31.8 Å². The molecule has 2 aliphatic heterocycles. The molecule has 4 nitrogen and oxygen atoms in total. The van der Waals surface area contributed by atoms with Crippen LogP contribution in [0.4, 0.5) is 0 Å². The Balaban J connectivity index is 1.22. The first kappa shape index (κ1) is 37.0. The molecule has 0 aromatic heterocycles. The SMILES string of the molecule is CC(C)[C@@H](C)[C@@]1(C)CC[C@]2(C)[C@H]3CC[C@@H]4[C@@]5(COC[C@]4(C)[C@@H](OCC4(C)CCSCC4)[C@H](C)C5)C3=CC[C@@]2(C)[C@@H]1C(=O)OCc1ccccc1. The highest BCUT2D eigenvalue weighted by atomic mass is 32.2. The van der Waals surface area contributed by atoms with Crippen molar-refractivity contribution in [1.82, 2.24) is 0 Å². The van der Waals surface area contributed by atoms with Crippen molar-refractivity contribution in [2.24, 2.45) is 68.0 Å². The van der Waals surface area contributed by atoms with Gasteiger partial charge in [-0.05, 0) is 120 Å². The van der Waals surface area contributed by atoms with Crippen LogP contribution in [0.5, 0.6) is 0 Å². The molecule has 4 aliphatic carbocycles. The minimum absolute atomic E-state index is 0.0153. The summed E-state index contributed by atoms with van der Waals surface area (Å²) >= 11 is 2.10. The van der Waals surface area contributed by atoms with Crippen LogP contribution in [-0.2, 0) is 25.6 Å². The van der Waals surface area contributed by atoms with Gasteiger partial charge in [-0.1, -0.05) is 104 Å². The summed E-state index contributed by atoms with van der Waals surface area (Å²) in [5.41, 5.74) is 2.85. The van der Waals surface area contributed by atoms with Crippen LogP contribution in [0.3, 0.4) is 0 Å². The van der Waals surface area contributed by atoms with Gasteiger partial charge in [0.15, 0.2) is 0 Å². The van der Waals surface area contributed by atoms with Crippen molar-refractivity contribution in [3.8, 4) is 0 Å². The molecular weight excluding hydrogens is 637 g/mol. The standard InChI is InChI=1S/C45H68O4S/c1-30(2)32(4)41(6)19-20-43(8)34-15-16-36-42(7)28-47-29-45(36,25-31(3)38(42)49-27-40(5)21-23-50-24-22-40)35(34)17-18-44(43,9)37(41)39(46)48-26-33-13-11-10-12-14-33/h10-14,17,30-32,34,36-38H,15-16,18-29H2,1-9H3/t31-,32-,34+,36+,37-,38+,41-,42+,43-,44+,45+/m1/s1. The maximum Gasteiger partial charge on any atom is 0.310 e. The van der Waals surface area contributed by atoms with Crippen molar-refractivity contribution in [3.63, 3.8) is 0 Å². The third-order valence-corrected chi connectivity index (χ3v) is 17.9. The second-order valence-electron chi connectivity index (χ2n) is 19.9. The Morgan fingerprint density at radius 1 is 0.940 bits per heavy atom. The number of hydrogen-bond acceptors (Lipinski definition) is 5. The second kappa shape index (κ2) is 13.2. The van der Waals surface area contributed by atoms with Gasteiger partial charge in [-0.3, -0.25) is 4.79 Å². The van der Waals surface area contributed by atoms with E-state index in [-0.39, 0.29) is 45.1 Å². The lowest BCUT2D eigenvalue weighted by Crippen LogP contribution is -2.69. The molecule has 5 heteroatoms. The largest absolute Gasteiger partial charge is 0.461 e. The minimum Gasteiger partial charge on any atom is -0.461 e. The number of carbonyl (C=O) groups is 1. The van der Waals surface area contributed by atoms with Gasteiger partial charge >= 0.3 is 5.97 Å². The van der Waals surface area contributed by atoms with E-state index < -0.39 is 0 Å². The smallest absolute Gasteiger partial charge is 0.310 e. The van der Waals surface area contributed by atoms with E-state index in [4.69, 9.17) is 14.2 Å². The fraction of sp³-hybridized carbons (Fsp3) is 0.800.